The number of piperidine rings is 1. The molecule has 21 heavy (non-hydrogen) atoms. The van der Waals surface area contributed by atoms with Gasteiger partial charge in [-0.2, -0.15) is 0 Å². The summed E-state index contributed by atoms with van der Waals surface area (Å²) in [6.45, 7) is 5.81. The molecule has 4 heteroatoms. The molecule has 1 aliphatic heterocycles. The number of ether oxygens (including phenoxy) is 1. The molecular weight excluding hydrogens is 264 g/mol. The Morgan fingerprint density at radius 2 is 2.05 bits per heavy atom. The standard InChI is InChI=1S/C17H24N2O2/c1-13(2)11-17(20)18-14-6-8-15(9-7-14)19-10-4-5-16(12-19)21-3/h6-9,11,16H,4-5,10,12H2,1-3H3,(H,18,20). The lowest BCUT2D eigenvalue weighted by Crippen LogP contribution is -2.39. The molecule has 1 aromatic rings. The normalized spacial score (nSPS) is 18.2. The molecule has 1 amide bonds. The summed E-state index contributed by atoms with van der Waals surface area (Å²) < 4.78 is 5.45. The minimum absolute atomic E-state index is 0.0832. The van der Waals surface area contributed by atoms with Crippen molar-refractivity contribution in [2.75, 3.05) is 30.4 Å². The van der Waals surface area contributed by atoms with Crippen molar-refractivity contribution in [3.63, 3.8) is 0 Å². The number of hydrogen-bond donors (Lipinski definition) is 1. The van der Waals surface area contributed by atoms with Crippen LogP contribution in [-0.4, -0.2) is 32.2 Å². The van der Waals surface area contributed by atoms with E-state index in [1.807, 2.05) is 26.0 Å². The van der Waals surface area contributed by atoms with Crippen LogP contribution in [0.15, 0.2) is 35.9 Å². The second kappa shape index (κ2) is 7.27. The van der Waals surface area contributed by atoms with Crippen LogP contribution in [0.3, 0.4) is 0 Å². The lowest BCUT2D eigenvalue weighted by Gasteiger charge is -2.33. The highest BCUT2D eigenvalue weighted by molar-refractivity contribution is 5.99. The second-order valence-corrected chi connectivity index (χ2v) is 5.70. The molecule has 0 aromatic heterocycles. The summed E-state index contributed by atoms with van der Waals surface area (Å²) in [5.74, 6) is -0.0832. The number of allylic oxidation sites excluding steroid dienone is 1. The number of rotatable bonds is 4. The highest BCUT2D eigenvalue weighted by Gasteiger charge is 2.19. The number of carbonyl (C=O) groups is 1. The Hall–Kier alpha value is -1.81. The van der Waals surface area contributed by atoms with Crippen molar-refractivity contribution in [1.82, 2.24) is 0 Å². The Morgan fingerprint density at radius 3 is 2.67 bits per heavy atom. The smallest absolute Gasteiger partial charge is 0.248 e. The lowest BCUT2D eigenvalue weighted by atomic mass is 10.1. The molecule has 0 aliphatic carbocycles. The summed E-state index contributed by atoms with van der Waals surface area (Å²) in [7, 11) is 1.77. The van der Waals surface area contributed by atoms with Gasteiger partial charge in [-0.3, -0.25) is 4.79 Å². The zero-order valence-corrected chi connectivity index (χ0v) is 13.1. The molecular formula is C17H24N2O2. The molecule has 2 rings (SSSR count). The molecule has 1 heterocycles. The van der Waals surface area contributed by atoms with Gasteiger partial charge < -0.3 is 15.0 Å². The number of nitrogens with zero attached hydrogens (tertiary/aromatic N) is 1. The van der Waals surface area contributed by atoms with Crippen LogP contribution in [0.4, 0.5) is 11.4 Å². The van der Waals surface area contributed by atoms with Crippen LogP contribution in [-0.2, 0) is 9.53 Å². The van der Waals surface area contributed by atoms with E-state index >= 15 is 0 Å². The van der Waals surface area contributed by atoms with Crippen molar-refractivity contribution < 1.29 is 9.53 Å². The van der Waals surface area contributed by atoms with Crippen LogP contribution >= 0.6 is 0 Å². The average molecular weight is 288 g/mol. The van der Waals surface area contributed by atoms with Gasteiger partial charge in [0.05, 0.1) is 6.10 Å². The average Bonchev–Trinajstić information content (AvgIpc) is 2.47. The minimum Gasteiger partial charge on any atom is -0.380 e. The molecule has 0 saturated carbocycles. The maximum absolute atomic E-state index is 11.7. The third kappa shape index (κ3) is 4.60. The molecule has 1 N–H and O–H groups in total. The van der Waals surface area contributed by atoms with E-state index in [9.17, 15) is 4.79 Å². The monoisotopic (exact) mass is 288 g/mol. The van der Waals surface area contributed by atoms with E-state index in [-0.39, 0.29) is 5.91 Å². The van der Waals surface area contributed by atoms with Gasteiger partial charge in [-0.1, -0.05) is 5.57 Å². The maximum atomic E-state index is 11.7. The molecule has 1 aliphatic rings. The van der Waals surface area contributed by atoms with Crippen LogP contribution in [0.25, 0.3) is 0 Å². The lowest BCUT2D eigenvalue weighted by molar-refractivity contribution is -0.111. The number of carbonyl (C=O) groups excluding carboxylic acids is 1. The quantitative estimate of drug-likeness (QED) is 0.865. The summed E-state index contributed by atoms with van der Waals surface area (Å²) >= 11 is 0. The van der Waals surface area contributed by atoms with Crippen molar-refractivity contribution in [2.45, 2.75) is 32.8 Å². The van der Waals surface area contributed by atoms with Gasteiger partial charge in [0, 0.05) is 37.7 Å². The summed E-state index contributed by atoms with van der Waals surface area (Å²) in [5.41, 5.74) is 2.99. The van der Waals surface area contributed by atoms with Crippen molar-refractivity contribution >= 4 is 17.3 Å². The summed E-state index contributed by atoms with van der Waals surface area (Å²) in [6.07, 6.45) is 4.19. The fraction of sp³-hybridized carbons (Fsp3) is 0.471. The molecule has 1 fully saturated rings. The Morgan fingerprint density at radius 1 is 1.33 bits per heavy atom. The van der Waals surface area contributed by atoms with E-state index in [0.717, 1.165) is 37.2 Å². The molecule has 1 aromatic carbocycles. The molecule has 4 nitrogen and oxygen atoms in total. The van der Waals surface area contributed by atoms with Gasteiger partial charge in [-0.25, -0.2) is 0 Å². The Labute approximate surface area is 126 Å². The van der Waals surface area contributed by atoms with Gasteiger partial charge in [-0.15, -0.1) is 0 Å². The van der Waals surface area contributed by atoms with Crippen LogP contribution in [0.1, 0.15) is 26.7 Å². The van der Waals surface area contributed by atoms with E-state index in [1.54, 1.807) is 13.2 Å². The largest absolute Gasteiger partial charge is 0.380 e. The molecule has 1 atom stereocenters. The molecule has 0 spiro atoms. The van der Waals surface area contributed by atoms with E-state index in [4.69, 9.17) is 4.74 Å². The fourth-order valence-electron chi connectivity index (χ4n) is 2.56. The van der Waals surface area contributed by atoms with E-state index in [2.05, 4.69) is 22.3 Å². The van der Waals surface area contributed by atoms with E-state index in [0.29, 0.717) is 6.10 Å². The number of benzene rings is 1. The Bertz CT molecular complexity index is 504. The molecule has 1 unspecified atom stereocenters. The zero-order valence-electron chi connectivity index (χ0n) is 13.1. The molecule has 0 bridgehead atoms. The highest BCUT2D eigenvalue weighted by atomic mass is 16.5. The zero-order chi connectivity index (χ0) is 15.2. The number of nitrogens with one attached hydrogen (secondary N) is 1. The van der Waals surface area contributed by atoms with Crippen molar-refractivity contribution in [2.24, 2.45) is 0 Å². The topological polar surface area (TPSA) is 41.6 Å². The number of hydrogen-bond acceptors (Lipinski definition) is 3. The summed E-state index contributed by atoms with van der Waals surface area (Å²) in [5, 5.41) is 2.86. The third-order valence-electron chi connectivity index (χ3n) is 3.63. The van der Waals surface area contributed by atoms with Crippen molar-refractivity contribution in [1.29, 1.82) is 0 Å². The minimum atomic E-state index is -0.0832. The van der Waals surface area contributed by atoms with E-state index in [1.165, 1.54) is 5.69 Å². The third-order valence-corrected chi connectivity index (χ3v) is 3.63. The molecule has 0 radical (unpaired) electrons. The Kier molecular flexibility index (Phi) is 5.39. The van der Waals surface area contributed by atoms with Crippen LogP contribution in [0, 0.1) is 0 Å². The van der Waals surface area contributed by atoms with Gasteiger partial charge >= 0.3 is 0 Å². The first kappa shape index (κ1) is 15.6. The maximum Gasteiger partial charge on any atom is 0.248 e. The van der Waals surface area contributed by atoms with Crippen molar-refractivity contribution in [3.05, 3.63) is 35.9 Å². The van der Waals surface area contributed by atoms with Crippen LogP contribution in [0.2, 0.25) is 0 Å². The van der Waals surface area contributed by atoms with Crippen LogP contribution in [0.5, 0.6) is 0 Å². The number of anilines is 2. The van der Waals surface area contributed by atoms with Gasteiger partial charge in [-0.05, 0) is 51.0 Å². The second-order valence-electron chi connectivity index (χ2n) is 5.70. The molecule has 114 valence electrons. The van der Waals surface area contributed by atoms with Gasteiger partial charge in [0.1, 0.15) is 0 Å². The van der Waals surface area contributed by atoms with Crippen molar-refractivity contribution in [3.8, 4) is 0 Å². The predicted molar refractivity (Wildman–Crippen MR) is 86.7 cm³/mol. The highest BCUT2D eigenvalue weighted by Crippen LogP contribution is 2.23. The molecule has 1 saturated heterocycles. The predicted octanol–water partition coefficient (Wildman–Crippen LogP) is 3.21. The van der Waals surface area contributed by atoms with Gasteiger partial charge in [0.25, 0.3) is 0 Å². The fourth-order valence-corrected chi connectivity index (χ4v) is 2.56. The number of methoxy groups -OCH3 is 1. The van der Waals surface area contributed by atoms with E-state index < -0.39 is 0 Å². The van der Waals surface area contributed by atoms with Gasteiger partial charge in [0.15, 0.2) is 0 Å². The first-order valence-corrected chi connectivity index (χ1v) is 7.42. The van der Waals surface area contributed by atoms with Gasteiger partial charge in [0.2, 0.25) is 5.91 Å². The van der Waals surface area contributed by atoms with Crippen LogP contribution < -0.4 is 10.2 Å². The Balaban J connectivity index is 1.98. The number of amides is 1. The summed E-state index contributed by atoms with van der Waals surface area (Å²) in [6, 6.07) is 8.00. The first-order chi connectivity index (χ1) is 10.1. The summed E-state index contributed by atoms with van der Waals surface area (Å²) in [4.78, 5) is 14.0. The first-order valence-electron chi connectivity index (χ1n) is 7.42. The SMILES string of the molecule is COC1CCCN(c2ccc(NC(=O)C=C(C)C)cc2)C1.